The molecule has 0 saturated carbocycles. The molecule has 2 unspecified atom stereocenters. The van der Waals surface area contributed by atoms with Crippen LogP contribution in [0.25, 0.3) is 0 Å². The molecule has 0 aliphatic carbocycles. The van der Waals surface area contributed by atoms with E-state index in [1.54, 1.807) is 4.90 Å². The maximum absolute atomic E-state index is 13.0. The van der Waals surface area contributed by atoms with Gasteiger partial charge in [-0.2, -0.15) is 13.2 Å². The van der Waals surface area contributed by atoms with Crippen LogP contribution in [0, 0.1) is 5.92 Å². The summed E-state index contributed by atoms with van der Waals surface area (Å²) >= 11 is 3.03. The molecule has 3 nitrogen and oxygen atoms in total. The van der Waals surface area contributed by atoms with Gasteiger partial charge in [-0.05, 0) is 41.3 Å². The van der Waals surface area contributed by atoms with E-state index in [-0.39, 0.29) is 17.8 Å². The largest absolute Gasteiger partial charge is 0.419 e. The second-order valence-electron chi connectivity index (χ2n) is 4.88. The average molecular weight is 338 g/mol. The molecular weight excluding hydrogens is 323 g/mol. The minimum atomic E-state index is -4.40. The summed E-state index contributed by atoms with van der Waals surface area (Å²) in [5.74, 6) is 0.213. The fourth-order valence-corrected chi connectivity index (χ4v) is 2.63. The first kappa shape index (κ1) is 14.6. The van der Waals surface area contributed by atoms with Crippen LogP contribution in [0.3, 0.4) is 0 Å². The van der Waals surface area contributed by atoms with Crippen molar-refractivity contribution in [2.75, 3.05) is 18.0 Å². The average Bonchev–Trinajstić information content (AvgIpc) is 2.77. The normalized spacial score (nSPS) is 21.8. The van der Waals surface area contributed by atoms with Crippen molar-refractivity contribution in [3.8, 4) is 0 Å². The van der Waals surface area contributed by atoms with Gasteiger partial charge in [-0.1, -0.05) is 0 Å². The van der Waals surface area contributed by atoms with Crippen molar-refractivity contribution in [2.45, 2.75) is 25.6 Å². The molecule has 19 heavy (non-hydrogen) atoms. The summed E-state index contributed by atoms with van der Waals surface area (Å²) in [6, 6.07) is 1.05. The summed E-state index contributed by atoms with van der Waals surface area (Å²) in [6.45, 7) is 2.97. The zero-order valence-corrected chi connectivity index (χ0v) is 12.0. The number of nitrogens with two attached hydrogens (primary N) is 1. The fraction of sp³-hybridized carbons (Fsp3) is 0.583. The Labute approximate surface area is 118 Å². The molecule has 1 fully saturated rings. The van der Waals surface area contributed by atoms with Crippen molar-refractivity contribution in [3.05, 3.63) is 22.3 Å². The van der Waals surface area contributed by atoms with Crippen LogP contribution in [0.1, 0.15) is 18.9 Å². The van der Waals surface area contributed by atoms with Crippen LogP contribution in [0.5, 0.6) is 0 Å². The molecule has 7 heteroatoms. The van der Waals surface area contributed by atoms with Crippen molar-refractivity contribution < 1.29 is 13.2 Å². The van der Waals surface area contributed by atoms with Crippen molar-refractivity contribution in [1.29, 1.82) is 0 Å². The summed E-state index contributed by atoms with van der Waals surface area (Å²) in [4.78, 5) is 5.61. The van der Waals surface area contributed by atoms with E-state index >= 15 is 0 Å². The number of anilines is 1. The van der Waals surface area contributed by atoms with Crippen LogP contribution in [0.15, 0.2) is 16.7 Å². The molecule has 0 radical (unpaired) electrons. The lowest BCUT2D eigenvalue weighted by Crippen LogP contribution is -2.30. The smallest absolute Gasteiger partial charge is 0.356 e. The molecule has 1 aliphatic heterocycles. The van der Waals surface area contributed by atoms with Crippen LogP contribution in [-0.4, -0.2) is 24.1 Å². The lowest BCUT2D eigenvalue weighted by atomic mass is 10.0. The Kier molecular flexibility index (Phi) is 4.06. The monoisotopic (exact) mass is 337 g/mol. The lowest BCUT2D eigenvalue weighted by molar-refractivity contribution is -0.137. The zero-order valence-electron chi connectivity index (χ0n) is 10.4. The molecule has 1 aromatic rings. The Bertz CT molecular complexity index is 462. The van der Waals surface area contributed by atoms with Crippen molar-refractivity contribution in [2.24, 2.45) is 11.7 Å². The van der Waals surface area contributed by atoms with Gasteiger partial charge in [0, 0.05) is 29.8 Å². The van der Waals surface area contributed by atoms with Gasteiger partial charge < -0.3 is 10.6 Å². The van der Waals surface area contributed by atoms with Crippen molar-refractivity contribution in [3.63, 3.8) is 0 Å². The van der Waals surface area contributed by atoms with Crippen LogP contribution in [0.4, 0.5) is 19.0 Å². The third-order valence-electron chi connectivity index (χ3n) is 3.41. The topological polar surface area (TPSA) is 42.1 Å². The molecule has 1 aliphatic rings. The Hall–Kier alpha value is -0.820. The quantitative estimate of drug-likeness (QED) is 0.901. The van der Waals surface area contributed by atoms with Crippen molar-refractivity contribution >= 4 is 21.7 Å². The summed E-state index contributed by atoms with van der Waals surface area (Å²) in [5, 5.41) is 0. The fourth-order valence-electron chi connectivity index (χ4n) is 2.30. The van der Waals surface area contributed by atoms with Gasteiger partial charge in [0.15, 0.2) is 0 Å². The Morgan fingerprint density at radius 1 is 1.53 bits per heavy atom. The highest BCUT2D eigenvalue weighted by Gasteiger charge is 2.38. The first-order chi connectivity index (χ1) is 8.79. The predicted octanol–water partition coefficient (Wildman–Crippen LogP) is 3.04. The molecule has 2 atom stereocenters. The van der Waals surface area contributed by atoms with Gasteiger partial charge in [-0.3, -0.25) is 0 Å². The standard InChI is InChI=1S/C12H15BrF3N3/c1-7(17)8-2-3-19(6-8)11-10(12(14,15)16)4-9(13)5-18-11/h4-5,7-8H,2-3,6,17H2,1H3. The Morgan fingerprint density at radius 2 is 2.21 bits per heavy atom. The number of alkyl halides is 3. The highest BCUT2D eigenvalue weighted by Crippen LogP contribution is 2.38. The molecule has 2 rings (SSSR count). The molecular formula is C12H15BrF3N3. The van der Waals surface area contributed by atoms with Gasteiger partial charge in [-0.15, -0.1) is 0 Å². The van der Waals surface area contributed by atoms with E-state index in [1.807, 2.05) is 6.92 Å². The first-order valence-electron chi connectivity index (χ1n) is 6.02. The van der Waals surface area contributed by atoms with Gasteiger partial charge in [0.1, 0.15) is 5.82 Å². The molecule has 0 amide bonds. The zero-order chi connectivity index (χ0) is 14.2. The number of hydrogen-bond acceptors (Lipinski definition) is 3. The van der Waals surface area contributed by atoms with E-state index in [4.69, 9.17) is 5.73 Å². The number of aromatic nitrogens is 1. The molecule has 106 valence electrons. The van der Waals surface area contributed by atoms with E-state index in [0.717, 1.165) is 12.5 Å². The highest BCUT2D eigenvalue weighted by molar-refractivity contribution is 9.10. The minimum absolute atomic E-state index is 0.00106. The SMILES string of the molecule is CC(N)C1CCN(c2ncc(Br)cc2C(F)(F)F)C1. The maximum Gasteiger partial charge on any atom is 0.419 e. The molecule has 0 aromatic carbocycles. The molecule has 1 saturated heterocycles. The summed E-state index contributed by atoms with van der Waals surface area (Å²) in [5.41, 5.74) is 5.11. The minimum Gasteiger partial charge on any atom is -0.356 e. The van der Waals surface area contributed by atoms with E-state index in [1.165, 1.54) is 6.20 Å². The van der Waals surface area contributed by atoms with E-state index < -0.39 is 11.7 Å². The van der Waals surface area contributed by atoms with Crippen LogP contribution >= 0.6 is 15.9 Å². The second kappa shape index (κ2) is 5.28. The molecule has 1 aromatic heterocycles. The molecule has 0 bridgehead atoms. The van der Waals surface area contributed by atoms with Gasteiger partial charge >= 0.3 is 6.18 Å². The van der Waals surface area contributed by atoms with Crippen LogP contribution in [0.2, 0.25) is 0 Å². The summed E-state index contributed by atoms with van der Waals surface area (Å²) in [6.07, 6.45) is -2.21. The Morgan fingerprint density at radius 3 is 2.74 bits per heavy atom. The molecule has 0 spiro atoms. The number of hydrogen-bond donors (Lipinski definition) is 1. The number of rotatable bonds is 2. The third-order valence-corrected chi connectivity index (χ3v) is 3.84. The molecule has 2 heterocycles. The van der Waals surface area contributed by atoms with E-state index in [9.17, 15) is 13.2 Å². The van der Waals surface area contributed by atoms with Gasteiger partial charge in [-0.25, -0.2) is 4.98 Å². The van der Waals surface area contributed by atoms with Crippen LogP contribution in [-0.2, 0) is 6.18 Å². The van der Waals surface area contributed by atoms with Crippen LogP contribution < -0.4 is 10.6 Å². The van der Waals surface area contributed by atoms with Gasteiger partial charge in [0.25, 0.3) is 0 Å². The first-order valence-corrected chi connectivity index (χ1v) is 6.81. The predicted molar refractivity (Wildman–Crippen MR) is 70.9 cm³/mol. The highest BCUT2D eigenvalue weighted by atomic mass is 79.9. The number of halogens is 4. The maximum atomic E-state index is 13.0. The number of pyridine rings is 1. The lowest BCUT2D eigenvalue weighted by Gasteiger charge is -2.22. The van der Waals surface area contributed by atoms with Crippen molar-refractivity contribution in [1.82, 2.24) is 4.98 Å². The third kappa shape index (κ3) is 3.20. The van der Waals surface area contributed by atoms with E-state index in [0.29, 0.717) is 17.6 Å². The summed E-state index contributed by atoms with van der Waals surface area (Å²) < 4.78 is 39.4. The molecule has 2 N–H and O–H groups in total. The Balaban J connectivity index is 2.31. The second-order valence-corrected chi connectivity index (χ2v) is 5.79. The van der Waals surface area contributed by atoms with Gasteiger partial charge in [0.2, 0.25) is 0 Å². The van der Waals surface area contributed by atoms with Gasteiger partial charge in [0.05, 0.1) is 5.56 Å². The summed E-state index contributed by atoms with van der Waals surface area (Å²) in [7, 11) is 0. The number of nitrogens with zero attached hydrogens (tertiary/aromatic N) is 2. The van der Waals surface area contributed by atoms with E-state index in [2.05, 4.69) is 20.9 Å².